The molecule has 1 amide bonds. The summed E-state index contributed by atoms with van der Waals surface area (Å²) in [6.07, 6.45) is -0.703. The number of fused-ring (bicyclic) bond motifs is 3. The van der Waals surface area contributed by atoms with E-state index in [0.29, 0.717) is 13.0 Å². The highest BCUT2D eigenvalue weighted by molar-refractivity contribution is 7.23. The van der Waals surface area contributed by atoms with Crippen LogP contribution in [-0.2, 0) is 9.53 Å². The molecule has 4 saturated heterocycles. The number of likely N-dealkylation sites (tertiary alicyclic amines) is 1. The van der Waals surface area contributed by atoms with Crippen molar-refractivity contribution in [3.63, 3.8) is 0 Å². The first kappa shape index (κ1) is 38.3. The SMILES string of the molecule is N#Cc1c(N)sc2c(F)ccc(-c3c(Cl)cc4c(N5CCC(OC(F)F)CC6(CN(C(=O)[C@@H]7CC7(F)F)C6)C5)nc(OC[C@@]56CCCN5C[C@H](F)C6)nc4c3F)c12. The van der Waals surface area contributed by atoms with Crippen LogP contribution in [0, 0.1) is 34.3 Å². The van der Waals surface area contributed by atoms with Gasteiger partial charge in [-0.05, 0) is 49.9 Å². The number of hydrogen-bond donors (Lipinski definition) is 1. The fraction of sp³-hybridized carbons (Fsp3) is 0.526. The number of alkyl halides is 5. The summed E-state index contributed by atoms with van der Waals surface area (Å²) in [5, 5.41) is 10.0. The predicted molar refractivity (Wildman–Crippen MR) is 197 cm³/mol. The topological polar surface area (TPSA) is 121 Å². The maximum absolute atomic E-state index is 17.3. The largest absolute Gasteiger partial charge is 0.461 e. The number of rotatable bonds is 8. The maximum atomic E-state index is 17.3. The monoisotopic (exact) mass is 837 g/mol. The summed E-state index contributed by atoms with van der Waals surface area (Å²) in [5.41, 5.74) is 4.14. The van der Waals surface area contributed by atoms with Gasteiger partial charge in [-0.15, -0.1) is 11.3 Å². The third-order valence-corrected chi connectivity index (χ3v) is 13.6. The predicted octanol–water partition coefficient (Wildman–Crippen LogP) is 7.54. The van der Waals surface area contributed by atoms with Crippen LogP contribution in [0.25, 0.3) is 32.1 Å². The van der Waals surface area contributed by atoms with Crippen molar-refractivity contribution in [2.45, 2.75) is 68.9 Å². The molecule has 1 unspecified atom stereocenters. The standard InChI is InChI=1S/C38H35ClF7N7O3S/c39-24-8-21-29(28(42)27(24)20-2-3-25(41)30-26(20)22(12-47)31(48)57-30)49-35(55-17-37-5-1-6-53(37)13-18(40)9-37)50-32(21)51-7-4-19(56-34(43)44)10-36(14-51)15-52(16-36)33(54)23-11-38(23,45)46/h2-3,8,18-19,23,34H,1,4-7,9-11,13-17,48H2/t18-,19?,23+,37+/m1/s1. The zero-order valence-electron chi connectivity index (χ0n) is 30.2. The Morgan fingerprint density at radius 1 is 1.14 bits per heavy atom. The van der Waals surface area contributed by atoms with Crippen LogP contribution in [-0.4, -0.2) is 102 Å². The summed E-state index contributed by atoms with van der Waals surface area (Å²) in [4.78, 5) is 27.2. The third-order valence-electron chi connectivity index (χ3n) is 12.3. The number of anilines is 2. The van der Waals surface area contributed by atoms with Crippen molar-refractivity contribution in [3.8, 4) is 23.2 Å². The fourth-order valence-corrected chi connectivity index (χ4v) is 10.8. The van der Waals surface area contributed by atoms with E-state index < -0.39 is 65.6 Å². The number of halogens is 8. The number of nitrogens with zero attached hydrogens (tertiary/aromatic N) is 6. The molecule has 6 heterocycles. The second-order valence-corrected chi connectivity index (χ2v) is 17.5. The number of thiophene rings is 1. The van der Waals surface area contributed by atoms with Gasteiger partial charge in [0.05, 0.1) is 26.9 Å². The molecule has 9 rings (SSSR count). The number of nitrogen functional groups attached to an aromatic ring is 1. The summed E-state index contributed by atoms with van der Waals surface area (Å²) >= 11 is 7.71. The molecule has 2 aromatic carbocycles. The second-order valence-electron chi connectivity index (χ2n) is 16.0. The second kappa shape index (κ2) is 13.7. The Bertz CT molecular complexity index is 2360. The highest BCUT2D eigenvalue weighted by Gasteiger charge is 2.64. The summed E-state index contributed by atoms with van der Waals surface area (Å²) in [5.74, 6) is -6.71. The Morgan fingerprint density at radius 2 is 1.91 bits per heavy atom. The lowest BCUT2D eigenvalue weighted by Crippen LogP contribution is -2.63. The van der Waals surface area contributed by atoms with E-state index in [1.807, 2.05) is 11.0 Å². The molecule has 1 spiro atoms. The van der Waals surface area contributed by atoms with Crippen LogP contribution in [0.3, 0.4) is 0 Å². The van der Waals surface area contributed by atoms with Gasteiger partial charge in [0, 0.05) is 67.3 Å². The number of carbonyl (C=O) groups excluding carboxylic acids is 1. The average Bonchev–Trinajstić information content (AvgIpc) is 3.32. The van der Waals surface area contributed by atoms with E-state index in [1.54, 1.807) is 4.90 Å². The van der Waals surface area contributed by atoms with Crippen molar-refractivity contribution in [1.29, 1.82) is 5.26 Å². The number of nitriles is 1. The van der Waals surface area contributed by atoms with Gasteiger partial charge in [0.15, 0.2) is 5.82 Å². The minimum atomic E-state index is -3.10. The van der Waals surface area contributed by atoms with E-state index in [4.69, 9.17) is 31.8 Å². The molecule has 2 N–H and O–H groups in total. The molecule has 1 aliphatic carbocycles. The average molecular weight is 838 g/mol. The molecule has 0 bridgehead atoms. The van der Waals surface area contributed by atoms with E-state index in [2.05, 4.69) is 4.98 Å². The Labute approximate surface area is 330 Å². The minimum Gasteiger partial charge on any atom is -0.461 e. The molecule has 5 aliphatic rings. The number of amides is 1. The molecule has 2 aromatic heterocycles. The molecule has 4 aromatic rings. The van der Waals surface area contributed by atoms with Gasteiger partial charge in [-0.2, -0.15) is 24.0 Å². The molecule has 57 heavy (non-hydrogen) atoms. The molecule has 5 fully saturated rings. The number of benzene rings is 2. The fourth-order valence-electron chi connectivity index (χ4n) is 9.59. The van der Waals surface area contributed by atoms with Crippen molar-refractivity contribution < 1.29 is 45.0 Å². The van der Waals surface area contributed by atoms with Crippen molar-refractivity contribution >= 4 is 60.7 Å². The number of nitrogens with two attached hydrogens (primary N) is 1. The van der Waals surface area contributed by atoms with Crippen LogP contribution in [0.1, 0.15) is 44.1 Å². The van der Waals surface area contributed by atoms with Gasteiger partial charge in [0.1, 0.15) is 46.9 Å². The lowest BCUT2D eigenvalue weighted by molar-refractivity contribution is -0.179. The van der Waals surface area contributed by atoms with Gasteiger partial charge < -0.3 is 25.0 Å². The molecule has 4 atom stereocenters. The Balaban J connectivity index is 1.15. The van der Waals surface area contributed by atoms with Gasteiger partial charge in [0.2, 0.25) is 5.91 Å². The number of ether oxygens (including phenoxy) is 2. The van der Waals surface area contributed by atoms with E-state index >= 15 is 8.78 Å². The van der Waals surface area contributed by atoms with Gasteiger partial charge >= 0.3 is 12.6 Å². The van der Waals surface area contributed by atoms with Crippen LogP contribution in [0.4, 0.5) is 41.6 Å². The first-order valence-electron chi connectivity index (χ1n) is 18.6. The summed E-state index contributed by atoms with van der Waals surface area (Å²) in [7, 11) is 0. The molecule has 0 radical (unpaired) electrons. The Kier molecular flexibility index (Phi) is 9.22. The normalized spacial score (nSPS) is 26.6. The molecule has 1 saturated carbocycles. The molecule has 19 heteroatoms. The van der Waals surface area contributed by atoms with Crippen molar-refractivity contribution in [1.82, 2.24) is 19.8 Å². The van der Waals surface area contributed by atoms with E-state index in [-0.39, 0.29) is 118 Å². The van der Waals surface area contributed by atoms with Gasteiger partial charge in [0.25, 0.3) is 5.92 Å². The summed E-state index contributed by atoms with van der Waals surface area (Å²) in [6.45, 7) is -2.01. The Morgan fingerprint density at radius 3 is 2.63 bits per heavy atom. The van der Waals surface area contributed by atoms with Crippen molar-refractivity contribution in [2.75, 3.05) is 56.5 Å². The van der Waals surface area contributed by atoms with Crippen LogP contribution in [0.2, 0.25) is 5.02 Å². The van der Waals surface area contributed by atoms with E-state index in [9.17, 15) is 32.0 Å². The quantitative estimate of drug-likeness (QED) is 0.180. The highest BCUT2D eigenvalue weighted by Crippen LogP contribution is 2.52. The van der Waals surface area contributed by atoms with Crippen LogP contribution in [0.5, 0.6) is 6.01 Å². The third kappa shape index (κ3) is 6.49. The van der Waals surface area contributed by atoms with E-state index in [0.717, 1.165) is 23.8 Å². The number of aromatic nitrogens is 2. The molecule has 10 nitrogen and oxygen atoms in total. The highest BCUT2D eigenvalue weighted by atomic mass is 35.5. The zero-order valence-corrected chi connectivity index (χ0v) is 31.7. The number of hydrogen-bond acceptors (Lipinski definition) is 10. The van der Waals surface area contributed by atoms with Crippen LogP contribution in [0.15, 0.2) is 18.2 Å². The van der Waals surface area contributed by atoms with Crippen LogP contribution >= 0.6 is 22.9 Å². The first-order chi connectivity index (χ1) is 27.1. The van der Waals surface area contributed by atoms with Gasteiger partial charge in [-0.25, -0.2) is 22.0 Å². The minimum absolute atomic E-state index is 0.00202. The summed E-state index contributed by atoms with van der Waals surface area (Å²) < 4.78 is 113. The molecular weight excluding hydrogens is 803 g/mol. The molecular formula is C38H35ClF7N7O3S. The summed E-state index contributed by atoms with van der Waals surface area (Å²) in [6, 6.07) is 5.55. The van der Waals surface area contributed by atoms with Gasteiger partial charge in [-0.1, -0.05) is 17.7 Å². The first-order valence-corrected chi connectivity index (χ1v) is 19.8. The lowest BCUT2D eigenvalue weighted by Gasteiger charge is -2.52. The van der Waals surface area contributed by atoms with E-state index in [1.165, 1.54) is 17.0 Å². The molecule has 302 valence electrons. The van der Waals surface area contributed by atoms with Crippen molar-refractivity contribution in [2.24, 2.45) is 11.3 Å². The van der Waals surface area contributed by atoms with Crippen molar-refractivity contribution in [3.05, 3.63) is 40.4 Å². The maximum Gasteiger partial charge on any atom is 0.345 e. The molecule has 4 aliphatic heterocycles. The zero-order chi connectivity index (χ0) is 40.2. The number of carbonyl (C=O) groups is 1. The smallest absolute Gasteiger partial charge is 0.345 e. The Hall–Kier alpha value is -4.18. The van der Waals surface area contributed by atoms with Gasteiger partial charge in [-0.3, -0.25) is 9.69 Å². The lowest BCUT2D eigenvalue weighted by atomic mass is 9.74. The van der Waals surface area contributed by atoms with Crippen LogP contribution < -0.4 is 15.4 Å².